The van der Waals surface area contributed by atoms with Crippen molar-refractivity contribution in [3.05, 3.63) is 71.0 Å². The molecule has 0 aliphatic rings. The Kier molecular flexibility index (Phi) is 5.64. The van der Waals surface area contributed by atoms with Gasteiger partial charge in [-0.2, -0.15) is 5.26 Å². The Morgan fingerprint density at radius 2 is 2.11 bits per heavy atom. The molecule has 7 heteroatoms. The lowest BCUT2D eigenvalue weighted by atomic mass is 10.1. The zero-order valence-electron chi connectivity index (χ0n) is 14.4. The van der Waals surface area contributed by atoms with E-state index in [4.69, 9.17) is 17.3 Å². The number of halogens is 1. The number of hydrogen-bond donors (Lipinski definition) is 4. The van der Waals surface area contributed by atoms with Crippen LogP contribution in [0.2, 0.25) is 5.02 Å². The number of H-pyrrole nitrogens is 1. The van der Waals surface area contributed by atoms with Crippen molar-refractivity contribution in [2.24, 2.45) is 0 Å². The highest BCUT2D eigenvalue weighted by atomic mass is 35.5. The number of nitrogens with two attached hydrogens (primary N) is 1. The minimum Gasteiger partial charge on any atom is -0.399 e. The summed E-state index contributed by atoms with van der Waals surface area (Å²) in [7, 11) is 0. The molecule has 1 aromatic heterocycles. The van der Waals surface area contributed by atoms with Gasteiger partial charge in [-0.05, 0) is 36.2 Å². The summed E-state index contributed by atoms with van der Waals surface area (Å²) in [5.74, 6) is -0.538. The van der Waals surface area contributed by atoms with Crippen molar-refractivity contribution in [3.63, 3.8) is 0 Å². The van der Waals surface area contributed by atoms with Crippen molar-refractivity contribution in [3.8, 4) is 6.07 Å². The summed E-state index contributed by atoms with van der Waals surface area (Å²) in [6.45, 7) is 0.586. The fourth-order valence-corrected chi connectivity index (χ4v) is 2.93. The number of carbonyl (C=O) groups is 1. The van der Waals surface area contributed by atoms with Crippen LogP contribution in [-0.2, 0) is 11.2 Å². The molecular weight excluding hydrogens is 362 g/mol. The molecule has 0 fully saturated rings. The average molecular weight is 380 g/mol. The van der Waals surface area contributed by atoms with Gasteiger partial charge in [-0.25, -0.2) is 0 Å². The highest BCUT2D eigenvalue weighted by molar-refractivity contribution is 6.34. The van der Waals surface area contributed by atoms with Crippen LogP contribution in [0, 0.1) is 11.3 Å². The predicted octanol–water partition coefficient (Wildman–Crippen LogP) is 3.58. The first-order valence-corrected chi connectivity index (χ1v) is 8.71. The van der Waals surface area contributed by atoms with Gasteiger partial charge in [-0.15, -0.1) is 0 Å². The van der Waals surface area contributed by atoms with Gasteiger partial charge in [-0.3, -0.25) is 4.79 Å². The number of para-hydroxylation sites is 1. The fourth-order valence-electron chi connectivity index (χ4n) is 2.69. The van der Waals surface area contributed by atoms with Crippen LogP contribution in [-0.4, -0.2) is 17.4 Å². The molecule has 0 aliphatic carbocycles. The van der Waals surface area contributed by atoms with Crippen molar-refractivity contribution in [2.45, 2.75) is 6.42 Å². The molecule has 27 heavy (non-hydrogen) atoms. The molecule has 1 amide bonds. The summed E-state index contributed by atoms with van der Waals surface area (Å²) in [6.07, 6.45) is 4.14. The van der Waals surface area contributed by atoms with Crippen molar-refractivity contribution in [1.82, 2.24) is 10.3 Å². The third-order valence-corrected chi connectivity index (χ3v) is 4.38. The van der Waals surface area contributed by atoms with Crippen LogP contribution in [0.1, 0.15) is 5.56 Å². The van der Waals surface area contributed by atoms with Crippen LogP contribution >= 0.6 is 11.6 Å². The normalized spacial score (nSPS) is 11.2. The zero-order valence-corrected chi connectivity index (χ0v) is 15.2. The SMILES string of the molecule is N#C/C(=C/NCCc1c[nH]c2ccccc12)C(=O)Nc1ccc(N)cc1Cl. The molecule has 0 unspecified atom stereocenters. The molecule has 0 atom stereocenters. The van der Waals surface area contributed by atoms with Gasteiger partial charge in [0.05, 0.1) is 10.7 Å². The molecule has 1 heterocycles. The monoisotopic (exact) mass is 379 g/mol. The predicted molar refractivity (Wildman–Crippen MR) is 108 cm³/mol. The molecule has 0 bridgehead atoms. The standard InChI is InChI=1S/C20H18ClN5O/c21-17-9-15(23)5-6-19(17)26-20(27)14(10-22)11-24-8-7-13-12-25-18-4-2-1-3-16(13)18/h1-6,9,11-12,24-25H,7-8,23H2,(H,26,27)/b14-11-. The van der Waals surface area contributed by atoms with Gasteiger partial charge in [0.1, 0.15) is 11.6 Å². The average Bonchev–Trinajstić information content (AvgIpc) is 3.07. The molecule has 2 aromatic carbocycles. The Labute approximate surface area is 161 Å². The van der Waals surface area contributed by atoms with E-state index in [1.54, 1.807) is 12.1 Å². The summed E-state index contributed by atoms with van der Waals surface area (Å²) in [4.78, 5) is 15.5. The number of nitriles is 1. The van der Waals surface area contributed by atoms with Crippen LogP contribution in [0.3, 0.4) is 0 Å². The molecule has 0 radical (unpaired) electrons. The van der Waals surface area contributed by atoms with E-state index in [-0.39, 0.29) is 5.57 Å². The number of nitrogen functional groups attached to an aromatic ring is 1. The van der Waals surface area contributed by atoms with Crippen molar-refractivity contribution in [1.29, 1.82) is 5.26 Å². The molecular formula is C20H18ClN5O. The summed E-state index contributed by atoms with van der Waals surface area (Å²) in [5, 5.41) is 16.3. The summed E-state index contributed by atoms with van der Waals surface area (Å²) >= 11 is 6.04. The number of aromatic amines is 1. The second kappa shape index (κ2) is 8.30. The van der Waals surface area contributed by atoms with E-state index >= 15 is 0 Å². The van der Waals surface area contributed by atoms with Gasteiger partial charge in [0.25, 0.3) is 5.91 Å². The van der Waals surface area contributed by atoms with Gasteiger partial charge >= 0.3 is 0 Å². The van der Waals surface area contributed by atoms with E-state index in [9.17, 15) is 10.1 Å². The molecule has 0 saturated heterocycles. The van der Waals surface area contributed by atoms with Gasteiger partial charge in [-0.1, -0.05) is 29.8 Å². The topological polar surface area (TPSA) is 107 Å². The maximum atomic E-state index is 12.2. The van der Waals surface area contributed by atoms with Crippen molar-refractivity contribution >= 4 is 39.8 Å². The number of aromatic nitrogens is 1. The molecule has 0 spiro atoms. The highest BCUT2D eigenvalue weighted by Gasteiger charge is 2.11. The highest BCUT2D eigenvalue weighted by Crippen LogP contribution is 2.24. The van der Waals surface area contributed by atoms with E-state index in [2.05, 4.69) is 21.7 Å². The van der Waals surface area contributed by atoms with Crippen LogP contribution in [0.4, 0.5) is 11.4 Å². The number of amides is 1. The number of hydrogen-bond acceptors (Lipinski definition) is 4. The second-order valence-corrected chi connectivity index (χ2v) is 6.33. The van der Waals surface area contributed by atoms with E-state index in [1.165, 1.54) is 23.2 Å². The summed E-state index contributed by atoms with van der Waals surface area (Å²) < 4.78 is 0. The molecule has 0 aliphatic heterocycles. The first-order valence-electron chi connectivity index (χ1n) is 8.33. The van der Waals surface area contributed by atoms with Crippen LogP contribution in [0.5, 0.6) is 0 Å². The summed E-state index contributed by atoms with van der Waals surface area (Å²) in [5.41, 5.74) is 8.73. The first kappa shape index (κ1) is 18.4. The van der Waals surface area contributed by atoms with E-state index in [1.807, 2.05) is 30.5 Å². The lowest BCUT2D eigenvalue weighted by Crippen LogP contribution is -2.18. The number of fused-ring (bicyclic) bond motifs is 1. The quantitative estimate of drug-likeness (QED) is 0.227. The minimum absolute atomic E-state index is 0.0400. The fraction of sp³-hybridized carbons (Fsp3) is 0.100. The minimum atomic E-state index is -0.538. The molecule has 6 nitrogen and oxygen atoms in total. The number of carbonyl (C=O) groups excluding carboxylic acids is 1. The number of benzene rings is 2. The smallest absolute Gasteiger partial charge is 0.267 e. The Hall–Kier alpha value is -3.43. The second-order valence-electron chi connectivity index (χ2n) is 5.93. The van der Waals surface area contributed by atoms with Gasteiger partial charge < -0.3 is 21.4 Å². The molecule has 0 saturated carbocycles. The lowest BCUT2D eigenvalue weighted by molar-refractivity contribution is -0.112. The van der Waals surface area contributed by atoms with E-state index in [0.29, 0.717) is 22.9 Å². The van der Waals surface area contributed by atoms with Crippen molar-refractivity contribution < 1.29 is 4.79 Å². The van der Waals surface area contributed by atoms with Gasteiger partial charge in [0.2, 0.25) is 0 Å². The first-order chi connectivity index (χ1) is 13.1. The number of nitrogens with one attached hydrogen (secondary N) is 3. The number of anilines is 2. The summed E-state index contributed by atoms with van der Waals surface area (Å²) in [6, 6.07) is 14.7. The number of rotatable bonds is 6. The largest absolute Gasteiger partial charge is 0.399 e. The lowest BCUT2D eigenvalue weighted by Gasteiger charge is -2.07. The van der Waals surface area contributed by atoms with Crippen LogP contribution in [0.15, 0.2) is 60.4 Å². The Balaban J connectivity index is 1.59. The molecule has 136 valence electrons. The van der Waals surface area contributed by atoms with E-state index in [0.717, 1.165) is 11.9 Å². The maximum Gasteiger partial charge on any atom is 0.267 e. The molecule has 3 rings (SSSR count). The van der Waals surface area contributed by atoms with E-state index < -0.39 is 5.91 Å². The van der Waals surface area contributed by atoms with Crippen LogP contribution < -0.4 is 16.4 Å². The van der Waals surface area contributed by atoms with Crippen LogP contribution in [0.25, 0.3) is 10.9 Å². The number of nitrogens with zero attached hydrogens (tertiary/aromatic N) is 1. The Morgan fingerprint density at radius 3 is 2.89 bits per heavy atom. The molecule has 5 N–H and O–H groups in total. The van der Waals surface area contributed by atoms with Gasteiger partial charge in [0, 0.05) is 35.5 Å². The molecule has 3 aromatic rings. The maximum absolute atomic E-state index is 12.2. The zero-order chi connectivity index (χ0) is 19.2. The third kappa shape index (κ3) is 4.40. The van der Waals surface area contributed by atoms with Crippen molar-refractivity contribution in [2.75, 3.05) is 17.6 Å². The Bertz CT molecular complexity index is 1050. The Morgan fingerprint density at radius 1 is 1.30 bits per heavy atom. The van der Waals surface area contributed by atoms with Gasteiger partial charge in [0.15, 0.2) is 0 Å². The third-order valence-electron chi connectivity index (χ3n) is 4.07.